The summed E-state index contributed by atoms with van der Waals surface area (Å²) in [5.41, 5.74) is 1.18. The van der Waals surface area contributed by atoms with E-state index in [1.807, 2.05) is 6.07 Å². The minimum Gasteiger partial charge on any atom is -0.480 e. The fourth-order valence-corrected chi connectivity index (χ4v) is 3.90. The lowest BCUT2D eigenvalue weighted by molar-refractivity contribution is -0.139. The van der Waals surface area contributed by atoms with Crippen LogP contribution in [0.2, 0.25) is 0 Å². The lowest BCUT2D eigenvalue weighted by atomic mass is 10.1. The van der Waals surface area contributed by atoms with Crippen LogP contribution in [0, 0.1) is 6.92 Å². The van der Waals surface area contributed by atoms with Crippen LogP contribution in [0.15, 0.2) is 16.7 Å². The second-order valence-corrected chi connectivity index (χ2v) is 6.49. The van der Waals surface area contributed by atoms with Gasteiger partial charge in [-0.05, 0) is 53.4 Å². The van der Waals surface area contributed by atoms with Crippen LogP contribution in [-0.2, 0) is 4.79 Å². The minimum atomic E-state index is -0.730. The van der Waals surface area contributed by atoms with E-state index in [1.165, 1.54) is 5.56 Å². The van der Waals surface area contributed by atoms with E-state index in [0.717, 1.165) is 36.4 Å². The number of pyridine rings is 1. The molecule has 3 rings (SSSR count). The normalized spacial score (nSPS) is 26.0. The summed E-state index contributed by atoms with van der Waals surface area (Å²) < 4.78 is 0.854. The molecule has 2 fully saturated rings. The Hall–Kier alpha value is -1.14. The molecule has 6 heteroatoms. The number of hydrogen-bond donors (Lipinski definition) is 1. The molecule has 0 spiro atoms. The second-order valence-electron chi connectivity index (χ2n) is 5.68. The number of anilines is 1. The Morgan fingerprint density at radius 3 is 2.60 bits per heavy atom. The number of aromatic nitrogens is 1. The first-order chi connectivity index (χ1) is 9.52. The van der Waals surface area contributed by atoms with Gasteiger partial charge in [-0.1, -0.05) is 0 Å². The summed E-state index contributed by atoms with van der Waals surface area (Å²) in [4.78, 5) is 19.9. The fraction of sp³-hybridized carbons (Fsp3) is 0.571. The fourth-order valence-electron chi connectivity index (χ4n) is 3.36. The maximum absolute atomic E-state index is 11.0. The third-order valence-corrected chi connectivity index (χ3v) is 4.61. The third-order valence-electron chi connectivity index (χ3n) is 4.20. The van der Waals surface area contributed by atoms with Crippen molar-refractivity contribution in [2.24, 2.45) is 0 Å². The van der Waals surface area contributed by atoms with Gasteiger partial charge in [-0.2, -0.15) is 0 Å². The van der Waals surface area contributed by atoms with E-state index in [-0.39, 0.29) is 6.54 Å². The van der Waals surface area contributed by atoms with Gasteiger partial charge in [0.1, 0.15) is 10.4 Å². The van der Waals surface area contributed by atoms with Crippen LogP contribution in [0.4, 0.5) is 5.82 Å². The summed E-state index contributed by atoms with van der Waals surface area (Å²) in [6.45, 7) is 3.96. The molecule has 0 amide bonds. The molecule has 1 N–H and O–H groups in total. The topological polar surface area (TPSA) is 56.7 Å². The summed E-state index contributed by atoms with van der Waals surface area (Å²) in [5.74, 6) is 0.260. The first kappa shape index (κ1) is 13.8. The van der Waals surface area contributed by atoms with Crippen molar-refractivity contribution in [3.05, 3.63) is 22.3 Å². The SMILES string of the molecule is Cc1cc(Br)nc(N2CC3CCC(C2)N3CC(=O)O)c1. The van der Waals surface area contributed by atoms with Gasteiger partial charge in [-0.3, -0.25) is 9.69 Å². The maximum Gasteiger partial charge on any atom is 0.317 e. The van der Waals surface area contributed by atoms with Crippen molar-refractivity contribution >= 4 is 27.7 Å². The Morgan fingerprint density at radius 2 is 2.05 bits per heavy atom. The Balaban J connectivity index is 1.78. The van der Waals surface area contributed by atoms with Gasteiger partial charge in [-0.25, -0.2) is 4.98 Å². The van der Waals surface area contributed by atoms with E-state index >= 15 is 0 Å². The Bertz CT molecular complexity index is 503. The van der Waals surface area contributed by atoms with Gasteiger partial charge in [0.05, 0.1) is 6.54 Å². The Kier molecular flexibility index (Phi) is 3.69. The molecule has 2 atom stereocenters. The number of piperazine rings is 1. The lowest BCUT2D eigenvalue weighted by Crippen LogP contribution is -2.55. The number of nitrogens with zero attached hydrogens (tertiary/aromatic N) is 3. The second kappa shape index (κ2) is 5.33. The summed E-state index contributed by atoms with van der Waals surface area (Å²) in [5, 5.41) is 9.01. The molecule has 108 valence electrons. The zero-order chi connectivity index (χ0) is 14.3. The van der Waals surface area contributed by atoms with Crippen molar-refractivity contribution < 1.29 is 9.90 Å². The molecule has 1 aromatic rings. The lowest BCUT2D eigenvalue weighted by Gasteiger charge is -2.40. The van der Waals surface area contributed by atoms with Crippen molar-refractivity contribution in [3.8, 4) is 0 Å². The molecular weight excluding hydrogens is 322 g/mol. The molecular formula is C14H18BrN3O2. The number of halogens is 1. The number of hydrogen-bond acceptors (Lipinski definition) is 4. The predicted molar refractivity (Wildman–Crippen MR) is 80.0 cm³/mol. The van der Waals surface area contributed by atoms with Gasteiger partial charge in [-0.15, -0.1) is 0 Å². The smallest absolute Gasteiger partial charge is 0.317 e. The predicted octanol–water partition coefficient (Wildman–Crippen LogP) is 1.89. The van der Waals surface area contributed by atoms with Crippen molar-refractivity contribution in [2.75, 3.05) is 24.5 Å². The number of carboxylic acids is 1. The molecule has 5 nitrogen and oxygen atoms in total. The summed E-state index contributed by atoms with van der Waals surface area (Å²) in [7, 11) is 0. The molecule has 2 aliphatic rings. The number of fused-ring (bicyclic) bond motifs is 2. The minimum absolute atomic E-state index is 0.161. The average molecular weight is 340 g/mol. The molecule has 0 saturated carbocycles. The van der Waals surface area contributed by atoms with Crippen LogP contribution in [0.5, 0.6) is 0 Å². The monoisotopic (exact) mass is 339 g/mol. The van der Waals surface area contributed by atoms with E-state index < -0.39 is 5.97 Å². The molecule has 2 unspecified atom stereocenters. The summed E-state index contributed by atoms with van der Waals surface area (Å²) in [6, 6.07) is 4.77. The largest absolute Gasteiger partial charge is 0.480 e. The molecule has 2 bridgehead atoms. The molecule has 20 heavy (non-hydrogen) atoms. The number of aryl methyl sites for hydroxylation is 1. The molecule has 0 aromatic carbocycles. The molecule has 3 heterocycles. The van der Waals surface area contributed by atoms with Crippen molar-refractivity contribution in [1.29, 1.82) is 0 Å². The highest BCUT2D eigenvalue weighted by atomic mass is 79.9. The summed E-state index contributed by atoms with van der Waals surface area (Å²) >= 11 is 3.44. The number of aliphatic carboxylic acids is 1. The summed E-state index contributed by atoms with van der Waals surface area (Å²) in [6.07, 6.45) is 2.17. The highest BCUT2D eigenvalue weighted by Crippen LogP contribution is 2.32. The van der Waals surface area contributed by atoms with Crippen LogP contribution in [0.1, 0.15) is 18.4 Å². The highest BCUT2D eigenvalue weighted by molar-refractivity contribution is 9.10. The highest BCUT2D eigenvalue weighted by Gasteiger charge is 2.40. The third kappa shape index (κ3) is 2.67. The van der Waals surface area contributed by atoms with Crippen LogP contribution in [0.25, 0.3) is 0 Å². The Labute approximate surface area is 126 Å². The van der Waals surface area contributed by atoms with Gasteiger partial charge in [0, 0.05) is 25.2 Å². The van der Waals surface area contributed by atoms with Crippen LogP contribution < -0.4 is 4.90 Å². The van der Waals surface area contributed by atoms with E-state index in [2.05, 4.69) is 43.7 Å². The standard InChI is InChI=1S/C14H18BrN3O2/c1-9-4-12(15)16-13(5-9)17-6-10-2-3-11(7-17)18(10)8-14(19)20/h4-5,10-11H,2-3,6-8H2,1H3,(H,19,20). The molecule has 0 radical (unpaired) electrons. The average Bonchev–Trinajstić information content (AvgIpc) is 2.60. The van der Waals surface area contributed by atoms with Crippen molar-refractivity contribution in [3.63, 3.8) is 0 Å². The van der Waals surface area contributed by atoms with Gasteiger partial charge in [0.2, 0.25) is 0 Å². The van der Waals surface area contributed by atoms with E-state index in [0.29, 0.717) is 12.1 Å². The van der Waals surface area contributed by atoms with Crippen LogP contribution in [-0.4, -0.2) is 52.7 Å². The van der Waals surface area contributed by atoms with Gasteiger partial charge >= 0.3 is 5.97 Å². The van der Waals surface area contributed by atoms with Gasteiger partial charge < -0.3 is 10.0 Å². The van der Waals surface area contributed by atoms with Gasteiger partial charge in [0.25, 0.3) is 0 Å². The van der Waals surface area contributed by atoms with Crippen molar-refractivity contribution in [1.82, 2.24) is 9.88 Å². The van der Waals surface area contributed by atoms with Crippen LogP contribution >= 0.6 is 15.9 Å². The number of carboxylic acid groups (broad SMARTS) is 1. The maximum atomic E-state index is 11.0. The molecule has 2 saturated heterocycles. The van der Waals surface area contributed by atoms with Gasteiger partial charge in [0.15, 0.2) is 0 Å². The van der Waals surface area contributed by atoms with Crippen LogP contribution in [0.3, 0.4) is 0 Å². The zero-order valence-electron chi connectivity index (χ0n) is 11.4. The first-order valence-corrected chi connectivity index (χ1v) is 7.69. The number of carbonyl (C=O) groups is 1. The number of rotatable bonds is 3. The molecule has 0 aliphatic carbocycles. The molecule has 2 aliphatic heterocycles. The van der Waals surface area contributed by atoms with E-state index in [4.69, 9.17) is 5.11 Å². The molecule has 1 aromatic heterocycles. The van der Waals surface area contributed by atoms with Crippen molar-refractivity contribution in [2.45, 2.75) is 31.8 Å². The van der Waals surface area contributed by atoms with E-state index in [9.17, 15) is 4.79 Å². The first-order valence-electron chi connectivity index (χ1n) is 6.89. The van der Waals surface area contributed by atoms with E-state index in [1.54, 1.807) is 0 Å². The zero-order valence-corrected chi connectivity index (χ0v) is 13.0. The quantitative estimate of drug-likeness (QED) is 0.852. The Morgan fingerprint density at radius 1 is 1.40 bits per heavy atom.